The highest BCUT2D eigenvalue weighted by molar-refractivity contribution is 7.99. The number of carbonyl (C=O) groups excluding carboxylic acids is 1. The van der Waals surface area contributed by atoms with E-state index in [4.69, 9.17) is 32.0 Å². The summed E-state index contributed by atoms with van der Waals surface area (Å²) in [6.45, 7) is 1.94. The molecule has 188 valence electrons. The number of likely N-dealkylation sites (tertiary alicyclic amines) is 1. The summed E-state index contributed by atoms with van der Waals surface area (Å²) in [4.78, 5) is 33.9. The van der Waals surface area contributed by atoms with E-state index >= 15 is 0 Å². The van der Waals surface area contributed by atoms with Crippen LogP contribution >= 0.6 is 23.4 Å². The number of aliphatic imine (C=N–C) groups is 1. The number of rotatable bonds is 2. The maximum Gasteiger partial charge on any atom is 0.176 e. The number of nitrogens with zero attached hydrogens (tertiary/aromatic N) is 5. The Bertz CT molecular complexity index is 1470. The Hall–Kier alpha value is -3.01. The lowest BCUT2D eigenvalue weighted by molar-refractivity contribution is -0.121. The maximum atomic E-state index is 11.8. The van der Waals surface area contributed by atoms with Gasteiger partial charge in [0.15, 0.2) is 11.6 Å². The smallest absolute Gasteiger partial charge is 0.176 e. The van der Waals surface area contributed by atoms with Crippen LogP contribution in [0.4, 0.5) is 5.82 Å². The molecule has 8 nitrogen and oxygen atoms in total. The van der Waals surface area contributed by atoms with Crippen molar-refractivity contribution in [1.82, 2.24) is 19.9 Å². The van der Waals surface area contributed by atoms with Crippen molar-refractivity contribution in [3.63, 3.8) is 0 Å². The lowest BCUT2D eigenvalue weighted by Gasteiger charge is -2.42. The molecule has 0 bridgehead atoms. The number of hydrogen-bond acceptors (Lipinski definition) is 9. The van der Waals surface area contributed by atoms with Crippen molar-refractivity contribution >= 4 is 40.8 Å². The van der Waals surface area contributed by atoms with E-state index < -0.39 is 0 Å². The molecule has 0 saturated carbocycles. The van der Waals surface area contributed by atoms with Crippen molar-refractivity contribution in [2.75, 3.05) is 19.7 Å². The lowest BCUT2D eigenvalue weighted by Crippen LogP contribution is -2.46. The molecule has 2 aromatic heterocycles. The zero-order valence-corrected chi connectivity index (χ0v) is 21.7. The molecule has 0 unspecified atom stereocenters. The van der Waals surface area contributed by atoms with Gasteiger partial charge in [-0.25, -0.2) is 15.0 Å². The number of benzene rings is 1. The monoisotopic (exact) mass is 532 g/mol. The molecule has 4 aliphatic rings. The molecule has 37 heavy (non-hydrogen) atoms. The molecule has 3 aliphatic heterocycles. The predicted molar refractivity (Wildman–Crippen MR) is 141 cm³/mol. The number of halogens is 1. The van der Waals surface area contributed by atoms with E-state index in [-0.39, 0.29) is 23.8 Å². The molecule has 5 heterocycles. The predicted octanol–water partition coefficient (Wildman–Crippen LogP) is 4.10. The number of fused-ring (bicyclic) bond motifs is 3. The van der Waals surface area contributed by atoms with Gasteiger partial charge in [0.05, 0.1) is 23.3 Å². The van der Waals surface area contributed by atoms with Crippen molar-refractivity contribution in [2.24, 2.45) is 16.1 Å². The molecule has 1 atom stereocenters. The first-order chi connectivity index (χ1) is 18.0. The van der Waals surface area contributed by atoms with Crippen LogP contribution in [-0.2, 0) is 24.1 Å². The minimum Gasteiger partial charge on any atom is -0.485 e. The Morgan fingerprint density at radius 3 is 2.84 bits per heavy atom. The summed E-state index contributed by atoms with van der Waals surface area (Å²) in [6.07, 6.45) is 7.56. The third kappa shape index (κ3) is 3.91. The number of ketones is 1. The fourth-order valence-electron chi connectivity index (χ4n) is 5.99. The van der Waals surface area contributed by atoms with Crippen LogP contribution in [-0.4, -0.2) is 51.2 Å². The normalized spacial score (nSPS) is 21.4. The summed E-state index contributed by atoms with van der Waals surface area (Å²) in [7, 11) is 0. The SMILES string of the molecule is N[C@@H]1c2cccnc2CC12CCN(C1=Nc3ncc(Sc4ccc5c(c4Cl)CC(=O)CO5)nc3C1)CC2. The van der Waals surface area contributed by atoms with E-state index in [9.17, 15) is 4.79 Å². The molecule has 1 saturated heterocycles. The number of nitrogens with two attached hydrogens (primary N) is 1. The summed E-state index contributed by atoms with van der Waals surface area (Å²) in [5.41, 5.74) is 10.8. The van der Waals surface area contributed by atoms with Crippen LogP contribution in [0.1, 0.15) is 41.4 Å². The second-order valence-electron chi connectivity index (χ2n) is 10.2. The van der Waals surface area contributed by atoms with Gasteiger partial charge in [-0.3, -0.25) is 9.78 Å². The van der Waals surface area contributed by atoms with Gasteiger partial charge in [0.25, 0.3) is 0 Å². The first-order valence-corrected chi connectivity index (χ1v) is 13.7. The van der Waals surface area contributed by atoms with Crippen LogP contribution in [0.2, 0.25) is 5.02 Å². The molecular weight excluding hydrogens is 508 g/mol. The minimum absolute atomic E-state index is 0.0262. The molecule has 2 N–H and O–H groups in total. The molecule has 0 amide bonds. The number of pyridine rings is 1. The molecule has 10 heteroatoms. The molecule has 3 aromatic rings. The Labute approximate surface area is 223 Å². The largest absolute Gasteiger partial charge is 0.485 e. The van der Waals surface area contributed by atoms with Gasteiger partial charge in [-0.1, -0.05) is 29.4 Å². The van der Waals surface area contributed by atoms with Crippen molar-refractivity contribution < 1.29 is 9.53 Å². The quantitative estimate of drug-likeness (QED) is 0.525. The summed E-state index contributed by atoms with van der Waals surface area (Å²) in [6, 6.07) is 7.93. The first-order valence-electron chi connectivity index (χ1n) is 12.5. The van der Waals surface area contributed by atoms with Crippen molar-refractivity contribution in [1.29, 1.82) is 0 Å². The molecular formula is C27H25ClN6O2S. The second-order valence-corrected chi connectivity index (χ2v) is 11.6. The van der Waals surface area contributed by atoms with Gasteiger partial charge in [-0.2, -0.15) is 0 Å². The maximum absolute atomic E-state index is 11.8. The third-order valence-electron chi connectivity index (χ3n) is 8.07. The van der Waals surface area contributed by atoms with Crippen molar-refractivity contribution in [3.05, 3.63) is 64.2 Å². The highest BCUT2D eigenvalue weighted by atomic mass is 35.5. The van der Waals surface area contributed by atoms with Gasteiger partial charge in [-0.05, 0) is 48.4 Å². The second kappa shape index (κ2) is 8.79. The van der Waals surface area contributed by atoms with Crippen molar-refractivity contribution in [2.45, 2.75) is 48.1 Å². The topological polar surface area (TPSA) is 107 Å². The van der Waals surface area contributed by atoms with E-state index in [1.54, 1.807) is 6.20 Å². The van der Waals surface area contributed by atoms with Gasteiger partial charge in [0.1, 0.15) is 23.2 Å². The van der Waals surface area contributed by atoms with Crippen LogP contribution in [0.15, 0.2) is 51.6 Å². The van der Waals surface area contributed by atoms with Crippen molar-refractivity contribution in [3.8, 4) is 5.75 Å². The number of carbonyl (C=O) groups is 1. The fourth-order valence-corrected chi connectivity index (χ4v) is 7.16. The van der Waals surface area contributed by atoms with Gasteiger partial charge in [0, 0.05) is 47.9 Å². The van der Waals surface area contributed by atoms with E-state index in [0.29, 0.717) is 29.4 Å². The van der Waals surface area contributed by atoms with Gasteiger partial charge in [0.2, 0.25) is 0 Å². The number of hydrogen-bond donors (Lipinski definition) is 1. The lowest BCUT2D eigenvalue weighted by atomic mass is 9.73. The van der Waals surface area contributed by atoms with Gasteiger partial charge < -0.3 is 15.4 Å². The Balaban J connectivity index is 1.03. The van der Waals surface area contributed by atoms with Crippen LogP contribution in [0.3, 0.4) is 0 Å². The van der Waals surface area contributed by atoms with E-state index in [1.165, 1.54) is 17.3 Å². The zero-order chi connectivity index (χ0) is 25.1. The number of ether oxygens (including phenoxy) is 1. The Morgan fingerprint density at radius 1 is 1.14 bits per heavy atom. The van der Waals surface area contributed by atoms with E-state index in [2.05, 4.69) is 20.9 Å². The zero-order valence-electron chi connectivity index (χ0n) is 20.1. The molecule has 1 aliphatic carbocycles. The summed E-state index contributed by atoms with van der Waals surface area (Å²) in [5, 5.41) is 1.29. The molecule has 0 radical (unpaired) electrons. The van der Waals surface area contributed by atoms with Crippen LogP contribution in [0, 0.1) is 5.41 Å². The standard InChI is InChI=1S/C27H25ClN6O2S/c28-24-17-10-15(35)14-36-20(17)3-4-21(24)37-23-13-31-26-18(32-23)11-22(33-26)34-8-5-27(6-9-34)12-19-16(25(27)29)2-1-7-30-19/h1-4,7,13,25H,5-6,8-12,14,29H2/t25-/m1/s1. The minimum atomic E-state index is 0.0262. The van der Waals surface area contributed by atoms with E-state index in [0.717, 1.165) is 65.1 Å². The molecule has 1 aromatic carbocycles. The molecule has 1 spiro atoms. The third-order valence-corrected chi connectivity index (χ3v) is 9.58. The van der Waals surface area contributed by atoms with Gasteiger partial charge >= 0.3 is 0 Å². The highest BCUT2D eigenvalue weighted by Gasteiger charge is 2.47. The molecule has 7 rings (SSSR count). The summed E-state index contributed by atoms with van der Waals surface area (Å²) < 4.78 is 5.50. The Kier molecular flexibility index (Phi) is 5.49. The number of aromatic nitrogens is 3. The van der Waals surface area contributed by atoms with Crippen LogP contribution in [0.5, 0.6) is 5.75 Å². The van der Waals surface area contributed by atoms with Crippen LogP contribution in [0.25, 0.3) is 0 Å². The number of piperidine rings is 1. The number of Topliss-reactive ketones (excluding diaryl/α,β-unsaturated/α-hetero) is 1. The van der Waals surface area contributed by atoms with Gasteiger partial charge in [-0.15, -0.1) is 0 Å². The first kappa shape index (κ1) is 23.1. The average molecular weight is 533 g/mol. The fraction of sp³-hybridized carbons (Fsp3) is 0.370. The molecule has 1 fully saturated rings. The Morgan fingerprint density at radius 2 is 2.00 bits per heavy atom. The number of amidine groups is 1. The van der Waals surface area contributed by atoms with E-state index in [1.807, 2.05) is 24.4 Å². The van der Waals surface area contributed by atoms with Crippen LogP contribution < -0.4 is 10.5 Å². The highest BCUT2D eigenvalue weighted by Crippen LogP contribution is 2.50. The average Bonchev–Trinajstić information content (AvgIpc) is 3.45. The summed E-state index contributed by atoms with van der Waals surface area (Å²) in [5.74, 6) is 2.41. The summed E-state index contributed by atoms with van der Waals surface area (Å²) >= 11 is 8.07.